The Labute approximate surface area is 93.6 Å². The molecular weight excluding hydrogens is 213 g/mol. The zero-order chi connectivity index (χ0) is 11.3. The van der Waals surface area contributed by atoms with E-state index >= 15 is 0 Å². The number of benzene rings is 1. The molecule has 1 aromatic carbocycles. The Bertz CT molecular complexity index is 379. The first kappa shape index (κ1) is 11.8. The highest BCUT2D eigenvalue weighted by Gasteiger charge is 2.06. The van der Waals surface area contributed by atoms with Crippen LogP contribution in [-0.2, 0) is 0 Å². The van der Waals surface area contributed by atoms with Gasteiger partial charge in [-0.3, -0.25) is 4.79 Å². The monoisotopic (exact) mass is 225 g/mol. The van der Waals surface area contributed by atoms with E-state index in [9.17, 15) is 9.18 Å². The summed E-state index contributed by atoms with van der Waals surface area (Å²) >= 11 is 3.90. The summed E-state index contributed by atoms with van der Waals surface area (Å²) in [6, 6.07) is 4.06. The summed E-state index contributed by atoms with van der Waals surface area (Å²) in [5.41, 5.74) is 0.408. The summed E-state index contributed by atoms with van der Waals surface area (Å²) in [6.45, 7) is 4.07. The number of thiol groups is 1. The van der Waals surface area contributed by atoms with E-state index in [1.165, 1.54) is 18.2 Å². The Morgan fingerprint density at radius 2 is 2.33 bits per heavy atom. The minimum atomic E-state index is -0.430. The topological polar surface area (TPSA) is 29.1 Å². The predicted octanol–water partition coefficient (Wildman–Crippen LogP) is 2.42. The van der Waals surface area contributed by atoms with E-state index in [0.29, 0.717) is 18.5 Å². The van der Waals surface area contributed by atoms with E-state index in [0.717, 1.165) is 0 Å². The van der Waals surface area contributed by atoms with Crippen molar-refractivity contribution in [2.24, 2.45) is 0 Å². The predicted molar refractivity (Wildman–Crippen MR) is 60.8 cm³/mol. The van der Waals surface area contributed by atoms with Crippen molar-refractivity contribution in [2.45, 2.75) is 11.3 Å². The maximum atomic E-state index is 12.8. The third-order valence-electron chi connectivity index (χ3n) is 1.84. The number of hydrogen-bond acceptors (Lipinski definition) is 2. The fourth-order valence-corrected chi connectivity index (χ4v) is 1.26. The first-order chi connectivity index (χ1) is 7.15. The lowest BCUT2D eigenvalue weighted by atomic mass is 10.2. The first-order valence-corrected chi connectivity index (χ1v) is 4.97. The minimum Gasteiger partial charge on any atom is -0.352 e. The molecule has 0 aliphatic rings. The average molecular weight is 225 g/mol. The van der Waals surface area contributed by atoms with Crippen molar-refractivity contribution in [3.05, 3.63) is 42.2 Å². The van der Waals surface area contributed by atoms with Crippen LogP contribution in [0.5, 0.6) is 0 Å². The van der Waals surface area contributed by atoms with Crippen LogP contribution in [0.25, 0.3) is 0 Å². The largest absolute Gasteiger partial charge is 0.352 e. The van der Waals surface area contributed by atoms with E-state index < -0.39 is 5.82 Å². The van der Waals surface area contributed by atoms with Gasteiger partial charge in [-0.25, -0.2) is 4.39 Å². The Hall–Kier alpha value is -1.29. The molecule has 0 aromatic heterocycles. The van der Waals surface area contributed by atoms with Crippen molar-refractivity contribution < 1.29 is 9.18 Å². The molecule has 1 N–H and O–H groups in total. The first-order valence-electron chi connectivity index (χ1n) is 4.52. The van der Waals surface area contributed by atoms with Gasteiger partial charge in [0, 0.05) is 17.0 Å². The molecule has 0 bridgehead atoms. The second-order valence-electron chi connectivity index (χ2n) is 3.00. The van der Waals surface area contributed by atoms with E-state index in [2.05, 4.69) is 24.5 Å². The molecule has 80 valence electrons. The van der Waals surface area contributed by atoms with Crippen LogP contribution in [0.1, 0.15) is 16.8 Å². The molecule has 1 rings (SSSR count). The van der Waals surface area contributed by atoms with Gasteiger partial charge in [-0.2, -0.15) is 0 Å². The van der Waals surface area contributed by atoms with Crippen LogP contribution in [0.15, 0.2) is 35.7 Å². The number of rotatable bonds is 4. The molecular formula is C11H12FNOS. The Balaban J connectivity index is 2.65. The summed E-state index contributed by atoms with van der Waals surface area (Å²) in [5.74, 6) is -0.659. The lowest BCUT2D eigenvalue weighted by Gasteiger charge is -2.04. The van der Waals surface area contributed by atoms with Gasteiger partial charge in [-0.15, -0.1) is 19.2 Å². The van der Waals surface area contributed by atoms with Crippen molar-refractivity contribution >= 4 is 18.5 Å². The summed E-state index contributed by atoms with van der Waals surface area (Å²) in [5, 5.41) is 2.68. The number of nitrogens with one attached hydrogen (secondary N) is 1. The minimum absolute atomic E-state index is 0.173. The number of carbonyl (C=O) groups excluding carboxylic acids is 1. The highest BCUT2D eigenvalue weighted by atomic mass is 32.1. The van der Waals surface area contributed by atoms with E-state index in [4.69, 9.17) is 0 Å². The van der Waals surface area contributed by atoms with Crippen molar-refractivity contribution in [1.82, 2.24) is 5.32 Å². The van der Waals surface area contributed by atoms with Gasteiger partial charge in [0.15, 0.2) is 0 Å². The molecule has 0 heterocycles. The molecule has 1 aromatic rings. The number of carbonyl (C=O) groups is 1. The highest BCUT2D eigenvalue weighted by Crippen LogP contribution is 2.13. The van der Waals surface area contributed by atoms with E-state index in [1.807, 2.05) is 0 Å². The van der Waals surface area contributed by atoms with Crippen LogP contribution < -0.4 is 5.32 Å². The molecule has 1 amide bonds. The molecule has 4 heteroatoms. The Kier molecular flexibility index (Phi) is 4.37. The smallest absolute Gasteiger partial charge is 0.251 e. The fraction of sp³-hybridized carbons (Fsp3) is 0.182. The average Bonchev–Trinajstić information content (AvgIpc) is 2.22. The standard InChI is InChI=1S/C11H12FNOS/c1-2-3-6-13-11(14)8-4-5-9(12)10(15)7-8/h2,4-5,7,15H,1,3,6H2,(H,13,14). The van der Waals surface area contributed by atoms with Crippen LogP contribution in [0, 0.1) is 5.82 Å². The van der Waals surface area contributed by atoms with Crippen LogP contribution in [0.3, 0.4) is 0 Å². The molecule has 0 fully saturated rings. The molecule has 0 atom stereocenters. The Morgan fingerprint density at radius 3 is 2.93 bits per heavy atom. The molecule has 0 aliphatic carbocycles. The SMILES string of the molecule is C=CCCNC(=O)c1ccc(F)c(S)c1. The molecule has 0 saturated heterocycles. The zero-order valence-corrected chi connectivity index (χ0v) is 9.06. The Morgan fingerprint density at radius 1 is 1.60 bits per heavy atom. The van der Waals surface area contributed by atoms with Crippen LogP contribution in [-0.4, -0.2) is 12.5 Å². The summed E-state index contributed by atoms with van der Waals surface area (Å²) in [4.78, 5) is 11.7. The lowest BCUT2D eigenvalue weighted by molar-refractivity contribution is 0.0954. The van der Waals surface area contributed by atoms with Gasteiger partial charge in [-0.05, 0) is 24.6 Å². The molecule has 0 radical (unpaired) electrons. The molecule has 0 saturated carbocycles. The van der Waals surface area contributed by atoms with Crippen molar-refractivity contribution in [3.63, 3.8) is 0 Å². The third-order valence-corrected chi connectivity index (χ3v) is 2.19. The van der Waals surface area contributed by atoms with Gasteiger partial charge in [0.1, 0.15) is 5.82 Å². The molecule has 2 nitrogen and oxygen atoms in total. The van der Waals surface area contributed by atoms with Gasteiger partial charge >= 0.3 is 0 Å². The van der Waals surface area contributed by atoms with E-state index in [1.54, 1.807) is 6.08 Å². The molecule has 0 unspecified atom stereocenters. The molecule has 15 heavy (non-hydrogen) atoms. The summed E-state index contributed by atoms with van der Waals surface area (Å²) in [7, 11) is 0. The van der Waals surface area contributed by atoms with Gasteiger partial charge in [0.2, 0.25) is 0 Å². The second kappa shape index (κ2) is 5.56. The van der Waals surface area contributed by atoms with Gasteiger partial charge < -0.3 is 5.32 Å². The van der Waals surface area contributed by atoms with Crippen LogP contribution in [0.4, 0.5) is 4.39 Å². The maximum Gasteiger partial charge on any atom is 0.251 e. The van der Waals surface area contributed by atoms with Crippen LogP contribution in [0.2, 0.25) is 0 Å². The third kappa shape index (κ3) is 3.40. The molecule has 0 aliphatic heterocycles. The van der Waals surface area contributed by atoms with Gasteiger partial charge in [0.25, 0.3) is 5.91 Å². The summed E-state index contributed by atoms with van der Waals surface area (Å²) in [6.07, 6.45) is 2.43. The fourth-order valence-electron chi connectivity index (χ4n) is 1.04. The van der Waals surface area contributed by atoms with Crippen molar-refractivity contribution in [3.8, 4) is 0 Å². The van der Waals surface area contributed by atoms with Crippen LogP contribution >= 0.6 is 12.6 Å². The summed E-state index contributed by atoms with van der Waals surface area (Å²) < 4.78 is 12.8. The highest BCUT2D eigenvalue weighted by molar-refractivity contribution is 7.80. The quantitative estimate of drug-likeness (QED) is 0.460. The number of amides is 1. The lowest BCUT2D eigenvalue weighted by Crippen LogP contribution is -2.24. The van der Waals surface area contributed by atoms with Crippen molar-refractivity contribution in [2.75, 3.05) is 6.54 Å². The maximum absolute atomic E-state index is 12.8. The van der Waals surface area contributed by atoms with Crippen molar-refractivity contribution in [1.29, 1.82) is 0 Å². The number of hydrogen-bond donors (Lipinski definition) is 2. The number of halogens is 1. The van der Waals surface area contributed by atoms with Gasteiger partial charge in [-0.1, -0.05) is 6.08 Å². The van der Waals surface area contributed by atoms with Gasteiger partial charge in [0.05, 0.1) is 0 Å². The van der Waals surface area contributed by atoms with E-state index in [-0.39, 0.29) is 10.8 Å². The molecule has 0 spiro atoms. The normalized spacial score (nSPS) is 9.73. The second-order valence-corrected chi connectivity index (χ2v) is 3.48. The zero-order valence-electron chi connectivity index (χ0n) is 8.16.